The number of hydrogen-bond donors (Lipinski definition) is 1. The van der Waals surface area contributed by atoms with Gasteiger partial charge in [-0.15, -0.1) is 0 Å². The fourth-order valence-electron chi connectivity index (χ4n) is 4.87. The van der Waals surface area contributed by atoms with Gasteiger partial charge in [0, 0.05) is 37.3 Å². The number of fused-ring (bicyclic) bond motifs is 2. The molecule has 3 heterocycles. The molecule has 0 spiro atoms. The van der Waals surface area contributed by atoms with Crippen LogP contribution in [-0.2, 0) is 19.5 Å². The number of nitrogens with zero attached hydrogens (tertiary/aromatic N) is 3. The van der Waals surface area contributed by atoms with Crippen molar-refractivity contribution in [2.24, 2.45) is 0 Å². The summed E-state index contributed by atoms with van der Waals surface area (Å²) in [4.78, 5) is 20.1. The molecule has 2 aromatic heterocycles. The Morgan fingerprint density at radius 3 is 2.52 bits per heavy atom. The van der Waals surface area contributed by atoms with Crippen molar-refractivity contribution >= 4 is 22.6 Å². The first-order valence-electron chi connectivity index (χ1n) is 11.7. The summed E-state index contributed by atoms with van der Waals surface area (Å²) in [6, 6.07) is 21.1. The predicted molar refractivity (Wildman–Crippen MR) is 134 cm³/mol. The standard InChI is InChI=1S/C28H30N4O/c1-4-29-28(33)25-16-24-19(2)20(3)32(17-21-10-6-5-7-11-21)26(24)27(30-25)31-15-14-22-12-8-9-13-23(22)18-31/h5-13,16H,4,14-15,17-18H2,1-3H3,(H,29,33). The zero-order valence-corrected chi connectivity index (χ0v) is 19.6. The lowest BCUT2D eigenvalue weighted by Gasteiger charge is -2.31. The number of anilines is 1. The van der Waals surface area contributed by atoms with Crippen LogP contribution in [0, 0.1) is 13.8 Å². The molecule has 1 aliphatic rings. The van der Waals surface area contributed by atoms with Gasteiger partial charge in [0.25, 0.3) is 5.91 Å². The van der Waals surface area contributed by atoms with E-state index in [9.17, 15) is 4.79 Å². The van der Waals surface area contributed by atoms with Gasteiger partial charge in [-0.1, -0.05) is 54.6 Å². The second kappa shape index (κ2) is 8.74. The molecule has 1 amide bonds. The second-order valence-electron chi connectivity index (χ2n) is 8.81. The van der Waals surface area contributed by atoms with Crippen LogP contribution in [0.3, 0.4) is 0 Å². The number of carbonyl (C=O) groups excluding carboxylic acids is 1. The van der Waals surface area contributed by atoms with Crippen LogP contribution < -0.4 is 10.2 Å². The lowest BCUT2D eigenvalue weighted by Crippen LogP contribution is -2.32. The summed E-state index contributed by atoms with van der Waals surface area (Å²) in [6.07, 6.45) is 0.974. The van der Waals surface area contributed by atoms with Gasteiger partial charge in [0.05, 0.1) is 5.52 Å². The summed E-state index contributed by atoms with van der Waals surface area (Å²) in [5.74, 6) is 0.779. The molecule has 0 radical (unpaired) electrons. The quantitative estimate of drug-likeness (QED) is 0.476. The minimum absolute atomic E-state index is 0.120. The largest absolute Gasteiger partial charge is 0.351 e. The van der Waals surface area contributed by atoms with E-state index in [-0.39, 0.29) is 5.91 Å². The molecule has 0 saturated carbocycles. The minimum atomic E-state index is -0.120. The van der Waals surface area contributed by atoms with Gasteiger partial charge in [0.2, 0.25) is 0 Å². The van der Waals surface area contributed by atoms with Crippen LogP contribution in [0.25, 0.3) is 10.9 Å². The molecule has 5 rings (SSSR count). The molecular weight excluding hydrogens is 408 g/mol. The minimum Gasteiger partial charge on any atom is -0.351 e. The van der Waals surface area contributed by atoms with Crippen molar-refractivity contribution in [3.05, 3.63) is 94.3 Å². The van der Waals surface area contributed by atoms with Crippen LogP contribution in [0.1, 0.15) is 45.4 Å². The summed E-state index contributed by atoms with van der Waals surface area (Å²) >= 11 is 0. The highest BCUT2D eigenvalue weighted by atomic mass is 16.1. The normalized spacial score (nSPS) is 13.2. The van der Waals surface area contributed by atoms with E-state index in [0.29, 0.717) is 12.2 Å². The number of carbonyl (C=O) groups is 1. The third-order valence-corrected chi connectivity index (χ3v) is 6.78. The zero-order chi connectivity index (χ0) is 22.9. The van der Waals surface area contributed by atoms with Gasteiger partial charge in [-0.25, -0.2) is 4.98 Å². The molecule has 0 unspecified atom stereocenters. The third kappa shape index (κ3) is 3.88. The molecule has 0 fully saturated rings. The molecule has 0 bridgehead atoms. The Morgan fingerprint density at radius 2 is 1.76 bits per heavy atom. The highest BCUT2D eigenvalue weighted by Gasteiger charge is 2.25. The van der Waals surface area contributed by atoms with Crippen LogP contribution in [0.15, 0.2) is 60.7 Å². The van der Waals surface area contributed by atoms with E-state index >= 15 is 0 Å². The van der Waals surface area contributed by atoms with Crippen LogP contribution in [0.5, 0.6) is 0 Å². The number of aromatic nitrogens is 2. The van der Waals surface area contributed by atoms with Crippen LogP contribution in [0.4, 0.5) is 5.82 Å². The topological polar surface area (TPSA) is 50.2 Å². The first kappa shape index (κ1) is 21.3. The van der Waals surface area contributed by atoms with Crippen molar-refractivity contribution in [3.63, 3.8) is 0 Å². The van der Waals surface area contributed by atoms with Crippen molar-refractivity contribution < 1.29 is 4.79 Å². The van der Waals surface area contributed by atoms with E-state index in [1.54, 1.807) is 0 Å². The molecule has 4 aromatic rings. The number of benzene rings is 2. The predicted octanol–water partition coefficient (Wildman–Crippen LogP) is 5.01. The summed E-state index contributed by atoms with van der Waals surface area (Å²) in [7, 11) is 0. The Balaban J connectivity index is 1.69. The summed E-state index contributed by atoms with van der Waals surface area (Å²) in [6.45, 7) is 9.28. The van der Waals surface area contributed by atoms with E-state index in [1.165, 1.54) is 27.9 Å². The summed E-state index contributed by atoms with van der Waals surface area (Å²) < 4.78 is 2.37. The van der Waals surface area contributed by atoms with E-state index in [0.717, 1.165) is 42.8 Å². The molecule has 5 nitrogen and oxygen atoms in total. The van der Waals surface area contributed by atoms with E-state index in [4.69, 9.17) is 4.98 Å². The molecule has 1 aliphatic heterocycles. The molecule has 5 heteroatoms. The highest BCUT2D eigenvalue weighted by molar-refractivity contribution is 6.01. The maximum Gasteiger partial charge on any atom is 0.269 e. The Labute approximate surface area is 195 Å². The molecule has 0 saturated heterocycles. The lowest BCUT2D eigenvalue weighted by atomic mass is 10.00. The molecular formula is C28H30N4O. The SMILES string of the molecule is CCNC(=O)c1cc2c(C)c(C)n(Cc3ccccc3)c2c(N2CCc3ccccc3C2)n1. The van der Waals surface area contributed by atoms with Gasteiger partial charge in [-0.3, -0.25) is 4.79 Å². The van der Waals surface area contributed by atoms with Gasteiger partial charge >= 0.3 is 0 Å². The number of amides is 1. The van der Waals surface area contributed by atoms with Crippen LogP contribution in [0.2, 0.25) is 0 Å². The number of aryl methyl sites for hydroxylation is 1. The molecule has 1 N–H and O–H groups in total. The van der Waals surface area contributed by atoms with Crippen molar-refractivity contribution in [2.75, 3.05) is 18.0 Å². The van der Waals surface area contributed by atoms with Crippen molar-refractivity contribution in [1.82, 2.24) is 14.9 Å². The first-order chi connectivity index (χ1) is 16.1. The Bertz CT molecular complexity index is 1320. The van der Waals surface area contributed by atoms with E-state index < -0.39 is 0 Å². The highest BCUT2D eigenvalue weighted by Crippen LogP contribution is 2.35. The summed E-state index contributed by atoms with van der Waals surface area (Å²) in [5.41, 5.74) is 7.99. The van der Waals surface area contributed by atoms with Gasteiger partial charge in [-0.2, -0.15) is 0 Å². The molecule has 33 heavy (non-hydrogen) atoms. The van der Waals surface area contributed by atoms with Crippen molar-refractivity contribution in [1.29, 1.82) is 0 Å². The van der Waals surface area contributed by atoms with E-state index in [1.807, 2.05) is 19.1 Å². The van der Waals surface area contributed by atoms with Gasteiger partial charge in [0.1, 0.15) is 5.69 Å². The van der Waals surface area contributed by atoms with Gasteiger partial charge < -0.3 is 14.8 Å². The number of hydrogen-bond acceptors (Lipinski definition) is 3. The fraction of sp³-hybridized carbons (Fsp3) is 0.286. The summed E-state index contributed by atoms with van der Waals surface area (Å²) in [5, 5.41) is 4.03. The van der Waals surface area contributed by atoms with Crippen molar-refractivity contribution in [2.45, 2.75) is 40.3 Å². The number of rotatable bonds is 5. The molecule has 168 valence electrons. The number of nitrogens with one attached hydrogen (secondary N) is 1. The molecule has 0 atom stereocenters. The van der Waals surface area contributed by atoms with Gasteiger partial charge in [-0.05, 0) is 55.5 Å². The van der Waals surface area contributed by atoms with Crippen LogP contribution in [-0.4, -0.2) is 28.5 Å². The Hall–Kier alpha value is -3.60. The Kier molecular flexibility index (Phi) is 5.63. The Morgan fingerprint density at radius 1 is 1.03 bits per heavy atom. The zero-order valence-electron chi connectivity index (χ0n) is 19.6. The average Bonchev–Trinajstić information content (AvgIpc) is 3.09. The molecule has 2 aromatic carbocycles. The average molecular weight is 439 g/mol. The van der Waals surface area contributed by atoms with Crippen molar-refractivity contribution in [3.8, 4) is 0 Å². The maximum atomic E-state index is 12.8. The monoisotopic (exact) mass is 438 g/mol. The lowest BCUT2D eigenvalue weighted by molar-refractivity contribution is 0.0951. The molecule has 0 aliphatic carbocycles. The number of pyridine rings is 1. The van der Waals surface area contributed by atoms with Gasteiger partial charge in [0.15, 0.2) is 5.82 Å². The fourth-order valence-corrected chi connectivity index (χ4v) is 4.87. The first-order valence-corrected chi connectivity index (χ1v) is 11.7. The maximum absolute atomic E-state index is 12.8. The second-order valence-corrected chi connectivity index (χ2v) is 8.81. The third-order valence-electron chi connectivity index (χ3n) is 6.78. The van der Waals surface area contributed by atoms with Crippen LogP contribution >= 0.6 is 0 Å². The smallest absolute Gasteiger partial charge is 0.269 e. The van der Waals surface area contributed by atoms with E-state index in [2.05, 4.69) is 77.2 Å².